The Morgan fingerprint density at radius 2 is 1.61 bits per heavy atom. The molecule has 0 N–H and O–H groups in total. The third-order valence-corrected chi connectivity index (χ3v) is 7.03. The Balaban J connectivity index is 1.51. The summed E-state index contributed by atoms with van der Waals surface area (Å²) >= 11 is 6.04. The normalized spacial score (nSPS) is 17.0. The number of halogens is 1. The summed E-state index contributed by atoms with van der Waals surface area (Å²) in [4.78, 5) is 30.3. The Bertz CT molecular complexity index is 1210. The Morgan fingerprint density at radius 1 is 0.947 bits per heavy atom. The van der Waals surface area contributed by atoms with Crippen molar-refractivity contribution in [3.8, 4) is 17.2 Å². The summed E-state index contributed by atoms with van der Waals surface area (Å²) in [7, 11) is 4.91. The van der Waals surface area contributed by atoms with Crippen molar-refractivity contribution >= 4 is 23.4 Å². The molecule has 8 heteroatoms. The Kier molecular flexibility index (Phi) is 9.13. The average molecular weight is 537 g/mol. The molecular weight excluding hydrogens is 504 g/mol. The molecule has 0 spiro atoms. The molecule has 4 rings (SSSR count). The van der Waals surface area contributed by atoms with Gasteiger partial charge in [-0.05, 0) is 42.0 Å². The quantitative estimate of drug-likeness (QED) is 0.370. The molecule has 2 atom stereocenters. The molecule has 1 fully saturated rings. The van der Waals surface area contributed by atoms with E-state index in [9.17, 15) is 9.59 Å². The van der Waals surface area contributed by atoms with Crippen molar-refractivity contribution in [2.24, 2.45) is 5.92 Å². The number of nitrogens with zero attached hydrogens (tertiary/aromatic N) is 2. The first kappa shape index (κ1) is 27.3. The number of piperidine rings is 1. The van der Waals surface area contributed by atoms with Gasteiger partial charge in [0.1, 0.15) is 23.4 Å². The maximum absolute atomic E-state index is 13.5. The lowest BCUT2D eigenvalue weighted by molar-refractivity contribution is -0.132. The monoisotopic (exact) mass is 536 g/mol. The van der Waals surface area contributed by atoms with Gasteiger partial charge < -0.3 is 24.0 Å². The molecular formula is C30H33ClN2O5. The van der Waals surface area contributed by atoms with Crippen molar-refractivity contribution in [1.82, 2.24) is 9.80 Å². The fraction of sp³-hybridized carbons (Fsp3) is 0.333. The highest BCUT2D eigenvalue weighted by Gasteiger charge is 2.35. The molecule has 1 aliphatic heterocycles. The Labute approximate surface area is 228 Å². The van der Waals surface area contributed by atoms with Crippen molar-refractivity contribution in [2.75, 3.05) is 34.4 Å². The van der Waals surface area contributed by atoms with Crippen molar-refractivity contribution in [3.05, 3.63) is 88.9 Å². The molecule has 1 heterocycles. The molecule has 0 radical (unpaired) electrons. The van der Waals surface area contributed by atoms with Gasteiger partial charge in [-0.3, -0.25) is 9.59 Å². The van der Waals surface area contributed by atoms with Gasteiger partial charge in [0.15, 0.2) is 0 Å². The van der Waals surface area contributed by atoms with Gasteiger partial charge in [-0.2, -0.15) is 0 Å². The summed E-state index contributed by atoms with van der Waals surface area (Å²) in [5.74, 6) is 1.45. The highest BCUT2D eigenvalue weighted by molar-refractivity contribution is 6.30. The Morgan fingerprint density at radius 3 is 2.24 bits per heavy atom. The van der Waals surface area contributed by atoms with Gasteiger partial charge in [0, 0.05) is 62.1 Å². The highest BCUT2D eigenvalue weighted by atomic mass is 35.5. The van der Waals surface area contributed by atoms with Gasteiger partial charge in [-0.1, -0.05) is 41.9 Å². The number of likely N-dealkylation sites (tertiary alicyclic amines) is 1. The van der Waals surface area contributed by atoms with Gasteiger partial charge in [0.25, 0.3) is 5.91 Å². The first-order valence-corrected chi connectivity index (χ1v) is 13.0. The summed E-state index contributed by atoms with van der Waals surface area (Å²) in [6.07, 6.45) is 0.622. The van der Waals surface area contributed by atoms with E-state index >= 15 is 0 Å². The number of methoxy groups -OCH3 is 2. The molecule has 3 aromatic carbocycles. The van der Waals surface area contributed by atoms with Crippen molar-refractivity contribution in [3.63, 3.8) is 0 Å². The standard InChI is InChI=1S/C30H33ClN2O5/c1-32(19-21-7-5-4-6-8-21)29(34)17-23-20-33(14-13-28(23)38-25-11-9-24(31)10-12-25)30(35)22-15-26(36-2)18-27(16-22)37-3/h4-12,15-16,18,23,28H,13-14,17,19-20H2,1-3H3/t23-,28-/m0/s1. The van der Waals surface area contributed by atoms with Crippen molar-refractivity contribution in [2.45, 2.75) is 25.5 Å². The molecule has 0 unspecified atom stereocenters. The molecule has 0 aliphatic carbocycles. The molecule has 200 valence electrons. The minimum absolute atomic E-state index is 0.000841. The zero-order valence-corrected chi connectivity index (χ0v) is 22.7. The molecule has 38 heavy (non-hydrogen) atoms. The minimum atomic E-state index is -0.228. The van der Waals surface area contributed by atoms with Crippen LogP contribution in [-0.4, -0.2) is 62.1 Å². The van der Waals surface area contributed by atoms with E-state index in [-0.39, 0.29) is 30.3 Å². The second-order valence-corrected chi connectivity index (χ2v) is 9.89. The zero-order chi connectivity index (χ0) is 27.1. The highest BCUT2D eigenvalue weighted by Crippen LogP contribution is 2.30. The summed E-state index contributed by atoms with van der Waals surface area (Å²) < 4.78 is 17.0. The number of hydrogen-bond donors (Lipinski definition) is 0. The number of hydrogen-bond acceptors (Lipinski definition) is 5. The summed E-state index contributed by atoms with van der Waals surface area (Å²) in [5.41, 5.74) is 1.54. The maximum atomic E-state index is 13.5. The molecule has 3 aromatic rings. The van der Waals surface area contributed by atoms with E-state index in [1.165, 1.54) is 0 Å². The first-order valence-electron chi connectivity index (χ1n) is 12.6. The van der Waals surface area contributed by atoms with Gasteiger partial charge in [0.05, 0.1) is 14.2 Å². The lowest BCUT2D eigenvalue weighted by Crippen LogP contribution is -2.49. The first-order chi connectivity index (χ1) is 18.4. The topological polar surface area (TPSA) is 68.3 Å². The maximum Gasteiger partial charge on any atom is 0.254 e. The van der Waals surface area contributed by atoms with Crippen LogP contribution in [0, 0.1) is 5.92 Å². The Hall–Kier alpha value is -3.71. The molecule has 0 bridgehead atoms. The van der Waals surface area contributed by atoms with Crippen LogP contribution in [0.2, 0.25) is 5.02 Å². The smallest absolute Gasteiger partial charge is 0.254 e. The molecule has 0 aromatic heterocycles. The summed E-state index contributed by atoms with van der Waals surface area (Å²) in [6.45, 7) is 1.41. The molecule has 7 nitrogen and oxygen atoms in total. The third-order valence-electron chi connectivity index (χ3n) is 6.78. The SMILES string of the molecule is COc1cc(OC)cc(C(=O)N2CC[C@H](Oc3ccc(Cl)cc3)[C@@H](CC(=O)N(C)Cc3ccccc3)C2)c1. The van der Waals surface area contributed by atoms with E-state index < -0.39 is 0 Å². The summed E-state index contributed by atoms with van der Waals surface area (Å²) in [6, 6.07) is 22.2. The zero-order valence-electron chi connectivity index (χ0n) is 21.9. The van der Waals surface area contributed by atoms with Gasteiger partial charge in [0.2, 0.25) is 5.91 Å². The number of carbonyl (C=O) groups excluding carboxylic acids is 2. The number of carbonyl (C=O) groups is 2. The second kappa shape index (κ2) is 12.7. The number of amides is 2. The minimum Gasteiger partial charge on any atom is -0.497 e. The fourth-order valence-electron chi connectivity index (χ4n) is 4.67. The number of benzene rings is 3. The van der Waals surface area contributed by atoms with Crippen molar-refractivity contribution < 1.29 is 23.8 Å². The van der Waals surface area contributed by atoms with Gasteiger partial charge in [-0.25, -0.2) is 0 Å². The van der Waals surface area contributed by atoms with Crippen LogP contribution in [0.3, 0.4) is 0 Å². The average Bonchev–Trinajstić information content (AvgIpc) is 2.94. The van der Waals surface area contributed by atoms with E-state index in [0.29, 0.717) is 53.9 Å². The van der Waals surface area contributed by atoms with Crippen LogP contribution >= 0.6 is 11.6 Å². The lowest BCUT2D eigenvalue weighted by Gasteiger charge is -2.39. The van der Waals surface area contributed by atoms with E-state index in [0.717, 1.165) is 5.56 Å². The predicted molar refractivity (Wildman–Crippen MR) is 147 cm³/mol. The van der Waals surface area contributed by atoms with Crippen LogP contribution in [0.25, 0.3) is 0 Å². The second-order valence-electron chi connectivity index (χ2n) is 9.45. The van der Waals surface area contributed by atoms with Crippen LogP contribution in [-0.2, 0) is 11.3 Å². The largest absolute Gasteiger partial charge is 0.497 e. The number of rotatable bonds is 9. The van der Waals surface area contributed by atoms with Gasteiger partial charge in [-0.15, -0.1) is 0 Å². The van der Waals surface area contributed by atoms with Crippen LogP contribution < -0.4 is 14.2 Å². The molecule has 1 saturated heterocycles. The van der Waals surface area contributed by atoms with Gasteiger partial charge >= 0.3 is 0 Å². The summed E-state index contributed by atoms with van der Waals surface area (Å²) in [5, 5.41) is 0.626. The fourth-order valence-corrected chi connectivity index (χ4v) is 4.80. The van der Waals surface area contributed by atoms with Crippen LogP contribution in [0.1, 0.15) is 28.8 Å². The number of ether oxygens (including phenoxy) is 3. The van der Waals surface area contributed by atoms with Crippen LogP contribution in [0.15, 0.2) is 72.8 Å². The molecule has 0 saturated carbocycles. The van der Waals surface area contributed by atoms with E-state index in [1.807, 2.05) is 42.5 Å². The van der Waals surface area contributed by atoms with Crippen molar-refractivity contribution in [1.29, 1.82) is 0 Å². The third kappa shape index (κ3) is 6.98. The molecule has 2 amide bonds. The van der Waals surface area contributed by atoms with E-state index in [4.69, 9.17) is 25.8 Å². The van der Waals surface area contributed by atoms with E-state index in [2.05, 4.69) is 0 Å². The molecule has 1 aliphatic rings. The van der Waals surface area contributed by atoms with Crippen LogP contribution in [0.5, 0.6) is 17.2 Å². The van der Waals surface area contributed by atoms with E-state index in [1.54, 1.807) is 61.4 Å². The van der Waals surface area contributed by atoms with Crippen LogP contribution in [0.4, 0.5) is 0 Å². The predicted octanol–water partition coefficient (Wildman–Crippen LogP) is 5.32. The lowest BCUT2D eigenvalue weighted by atomic mass is 9.90.